The van der Waals surface area contributed by atoms with Gasteiger partial charge in [0, 0.05) is 56.5 Å². The van der Waals surface area contributed by atoms with E-state index in [0.717, 1.165) is 57.7 Å². The minimum atomic E-state index is -0.283. The lowest BCUT2D eigenvalue weighted by atomic mass is 10.1. The number of ether oxygens (including phenoxy) is 1. The van der Waals surface area contributed by atoms with Gasteiger partial charge in [0.05, 0.1) is 24.2 Å². The van der Waals surface area contributed by atoms with E-state index in [4.69, 9.17) is 9.84 Å². The van der Waals surface area contributed by atoms with Crippen molar-refractivity contribution in [3.05, 3.63) is 36.2 Å². The second-order valence-corrected chi connectivity index (χ2v) is 7.71. The Kier molecular flexibility index (Phi) is 5.38. The maximum Gasteiger partial charge on any atom is 0.0945 e. The van der Waals surface area contributed by atoms with Crippen LogP contribution < -0.4 is 5.32 Å². The quantitative estimate of drug-likeness (QED) is 0.820. The zero-order chi connectivity index (χ0) is 17.9. The Morgan fingerprint density at radius 1 is 1.31 bits per heavy atom. The molecule has 0 aromatic carbocycles. The van der Waals surface area contributed by atoms with E-state index >= 15 is 0 Å². The number of hydrogen-bond acceptors (Lipinski definition) is 5. The maximum absolute atomic E-state index is 10.4. The molecule has 4 rings (SSSR count). The summed E-state index contributed by atoms with van der Waals surface area (Å²) in [6.07, 6.45) is 11.4. The van der Waals surface area contributed by atoms with Gasteiger partial charge in [-0.05, 0) is 38.5 Å². The Labute approximate surface area is 154 Å². The molecule has 2 aliphatic rings. The van der Waals surface area contributed by atoms with Crippen molar-refractivity contribution in [2.75, 3.05) is 13.2 Å². The van der Waals surface area contributed by atoms with E-state index in [0.29, 0.717) is 12.0 Å². The third kappa shape index (κ3) is 4.00. The Balaban J connectivity index is 1.31. The maximum atomic E-state index is 10.4. The summed E-state index contributed by atoms with van der Waals surface area (Å²) >= 11 is 0. The van der Waals surface area contributed by atoms with Crippen molar-refractivity contribution >= 4 is 0 Å². The molecule has 7 nitrogen and oxygen atoms in total. The number of aliphatic hydroxyl groups excluding tert-OH is 1. The van der Waals surface area contributed by atoms with E-state index in [1.165, 1.54) is 5.56 Å². The SMILES string of the molecule is Cc1nn(C2CCOCC2)cc1CN[C@@H]1CC(Cn2ccnc2)C[C@H]1O. The van der Waals surface area contributed by atoms with Crippen LogP contribution in [-0.2, 0) is 17.8 Å². The average molecular weight is 359 g/mol. The molecule has 142 valence electrons. The number of aryl methyl sites for hydroxylation is 1. The van der Waals surface area contributed by atoms with Gasteiger partial charge in [-0.3, -0.25) is 4.68 Å². The molecule has 1 saturated heterocycles. The van der Waals surface area contributed by atoms with Crippen molar-refractivity contribution in [3.63, 3.8) is 0 Å². The molecule has 1 aliphatic heterocycles. The molecule has 0 bridgehead atoms. The van der Waals surface area contributed by atoms with Crippen molar-refractivity contribution in [3.8, 4) is 0 Å². The number of imidazole rings is 1. The van der Waals surface area contributed by atoms with E-state index in [1.54, 1.807) is 6.20 Å². The van der Waals surface area contributed by atoms with E-state index in [9.17, 15) is 5.11 Å². The molecule has 2 aromatic rings. The first kappa shape index (κ1) is 17.7. The normalized spacial score (nSPS) is 27.2. The topological polar surface area (TPSA) is 77.1 Å². The summed E-state index contributed by atoms with van der Waals surface area (Å²) in [6, 6.07) is 0.599. The average Bonchev–Trinajstić information content (AvgIpc) is 3.36. The summed E-state index contributed by atoms with van der Waals surface area (Å²) in [5, 5.41) is 18.7. The van der Waals surface area contributed by atoms with Crippen LogP contribution in [0.5, 0.6) is 0 Å². The molecule has 0 radical (unpaired) electrons. The molecular formula is C19H29N5O2. The first-order valence-electron chi connectivity index (χ1n) is 9.68. The van der Waals surface area contributed by atoms with Crippen molar-refractivity contribution in [1.29, 1.82) is 0 Å². The van der Waals surface area contributed by atoms with Crippen LogP contribution in [0, 0.1) is 12.8 Å². The summed E-state index contributed by atoms with van der Waals surface area (Å²) in [4.78, 5) is 4.10. The van der Waals surface area contributed by atoms with E-state index < -0.39 is 0 Å². The van der Waals surface area contributed by atoms with Gasteiger partial charge in [-0.2, -0.15) is 5.10 Å². The zero-order valence-corrected chi connectivity index (χ0v) is 15.4. The summed E-state index contributed by atoms with van der Waals surface area (Å²) in [5.74, 6) is 0.489. The van der Waals surface area contributed by atoms with Crippen LogP contribution in [0.1, 0.15) is 43.0 Å². The number of nitrogens with zero attached hydrogens (tertiary/aromatic N) is 4. The van der Waals surface area contributed by atoms with Gasteiger partial charge < -0.3 is 19.7 Å². The lowest BCUT2D eigenvalue weighted by Gasteiger charge is -2.22. The van der Waals surface area contributed by atoms with Gasteiger partial charge in [-0.15, -0.1) is 0 Å². The van der Waals surface area contributed by atoms with Gasteiger partial charge in [-0.1, -0.05) is 0 Å². The standard InChI is InChI=1S/C19H29N5O2/c1-14-16(12-24(22-14)17-2-6-26-7-3-17)10-21-18-8-15(9-19(18)25)11-23-5-4-20-13-23/h4-5,12-13,15,17-19,21,25H,2-3,6-11H2,1H3/t15?,18-,19-/m1/s1. The second kappa shape index (κ2) is 7.90. The molecule has 1 aliphatic carbocycles. The van der Waals surface area contributed by atoms with Gasteiger partial charge >= 0.3 is 0 Å². The number of aliphatic hydroxyl groups is 1. The van der Waals surface area contributed by atoms with E-state index in [-0.39, 0.29) is 12.1 Å². The lowest BCUT2D eigenvalue weighted by molar-refractivity contribution is 0.0661. The highest BCUT2D eigenvalue weighted by atomic mass is 16.5. The van der Waals surface area contributed by atoms with Crippen molar-refractivity contribution in [1.82, 2.24) is 24.6 Å². The number of aromatic nitrogens is 4. The molecular weight excluding hydrogens is 330 g/mol. The van der Waals surface area contributed by atoms with Crippen LogP contribution in [0.4, 0.5) is 0 Å². The van der Waals surface area contributed by atoms with Crippen LogP contribution in [0.3, 0.4) is 0 Å². The Bertz CT molecular complexity index is 693. The van der Waals surface area contributed by atoms with Crippen LogP contribution in [-0.4, -0.2) is 49.8 Å². The molecule has 1 unspecified atom stereocenters. The van der Waals surface area contributed by atoms with Gasteiger partial charge in [0.2, 0.25) is 0 Å². The molecule has 2 fully saturated rings. The third-order valence-corrected chi connectivity index (χ3v) is 5.79. The number of nitrogens with one attached hydrogen (secondary N) is 1. The first-order chi connectivity index (χ1) is 12.7. The summed E-state index contributed by atoms with van der Waals surface area (Å²) in [7, 11) is 0. The van der Waals surface area contributed by atoms with Crippen LogP contribution in [0.25, 0.3) is 0 Å². The first-order valence-corrected chi connectivity index (χ1v) is 9.68. The summed E-state index contributed by atoms with van der Waals surface area (Å²) in [6.45, 7) is 5.40. The van der Waals surface area contributed by atoms with E-state index in [1.807, 2.05) is 12.5 Å². The monoisotopic (exact) mass is 359 g/mol. The smallest absolute Gasteiger partial charge is 0.0945 e. The fraction of sp³-hybridized carbons (Fsp3) is 0.684. The van der Waals surface area contributed by atoms with Crippen LogP contribution in [0.15, 0.2) is 24.9 Å². The predicted octanol–water partition coefficient (Wildman–Crippen LogP) is 1.67. The molecule has 0 spiro atoms. The predicted molar refractivity (Wildman–Crippen MR) is 97.6 cm³/mol. The Morgan fingerprint density at radius 3 is 2.92 bits per heavy atom. The van der Waals surface area contributed by atoms with Crippen molar-refractivity contribution in [2.24, 2.45) is 5.92 Å². The Hall–Kier alpha value is -1.70. The van der Waals surface area contributed by atoms with E-state index in [2.05, 4.69) is 32.7 Å². The minimum absolute atomic E-state index is 0.148. The van der Waals surface area contributed by atoms with Crippen LogP contribution >= 0.6 is 0 Å². The second-order valence-electron chi connectivity index (χ2n) is 7.71. The van der Waals surface area contributed by atoms with Gasteiger partial charge in [0.25, 0.3) is 0 Å². The van der Waals surface area contributed by atoms with Crippen molar-refractivity contribution < 1.29 is 9.84 Å². The highest BCUT2D eigenvalue weighted by Crippen LogP contribution is 2.28. The number of hydrogen-bond donors (Lipinski definition) is 2. The van der Waals surface area contributed by atoms with Gasteiger partial charge in [0.15, 0.2) is 0 Å². The highest BCUT2D eigenvalue weighted by Gasteiger charge is 2.32. The molecule has 3 atom stereocenters. The van der Waals surface area contributed by atoms with Gasteiger partial charge in [-0.25, -0.2) is 4.98 Å². The molecule has 7 heteroatoms. The lowest BCUT2D eigenvalue weighted by Crippen LogP contribution is -2.35. The molecule has 1 saturated carbocycles. The minimum Gasteiger partial charge on any atom is -0.391 e. The molecule has 26 heavy (non-hydrogen) atoms. The fourth-order valence-electron chi connectivity index (χ4n) is 4.25. The fourth-order valence-corrected chi connectivity index (χ4v) is 4.25. The van der Waals surface area contributed by atoms with Gasteiger partial charge in [0.1, 0.15) is 0 Å². The number of rotatable bonds is 6. The third-order valence-electron chi connectivity index (χ3n) is 5.79. The molecule has 0 amide bonds. The Morgan fingerprint density at radius 2 is 2.15 bits per heavy atom. The van der Waals surface area contributed by atoms with Crippen LogP contribution in [0.2, 0.25) is 0 Å². The molecule has 3 heterocycles. The van der Waals surface area contributed by atoms with Crippen molar-refractivity contribution in [2.45, 2.75) is 63.9 Å². The summed E-state index contributed by atoms with van der Waals surface area (Å²) in [5.41, 5.74) is 2.30. The highest BCUT2D eigenvalue weighted by molar-refractivity contribution is 5.16. The molecule has 2 aromatic heterocycles. The largest absolute Gasteiger partial charge is 0.391 e. The summed E-state index contributed by atoms with van der Waals surface area (Å²) < 4.78 is 9.66. The zero-order valence-electron chi connectivity index (χ0n) is 15.4. The molecule has 2 N–H and O–H groups in total.